The highest BCUT2D eigenvalue weighted by Gasteiger charge is 2.41. The Morgan fingerprint density at radius 1 is 1.27 bits per heavy atom. The molecule has 1 aromatic heterocycles. The lowest BCUT2D eigenvalue weighted by atomic mass is 9.96. The first kappa shape index (κ1) is 17.1. The van der Waals surface area contributed by atoms with Gasteiger partial charge in [-0.15, -0.1) is 5.10 Å². The number of fused-ring (bicyclic) bond motifs is 2. The largest absolute Gasteiger partial charge is 0.378 e. The minimum absolute atomic E-state index is 0.286. The molecule has 2 saturated heterocycles. The van der Waals surface area contributed by atoms with Crippen LogP contribution >= 0.6 is 0 Å². The molecule has 2 aliphatic rings. The van der Waals surface area contributed by atoms with Crippen LogP contribution in [-0.2, 0) is 17.9 Å². The Balaban J connectivity index is 1.46. The van der Waals surface area contributed by atoms with Gasteiger partial charge in [0.05, 0.1) is 30.5 Å². The maximum atomic E-state index is 14.3. The molecule has 0 N–H and O–H groups in total. The van der Waals surface area contributed by atoms with E-state index in [1.165, 1.54) is 6.07 Å². The molecular formula is C19H22FN5O. The van der Waals surface area contributed by atoms with E-state index in [1.807, 2.05) is 16.9 Å². The molecule has 0 saturated carbocycles. The molecule has 3 heterocycles. The highest BCUT2D eigenvalue weighted by Crippen LogP contribution is 2.41. The standard InChI is InChI=1S/C19H22FN5O/c1-26-12-15-11-25(23-22-15)18-7-16-4-5-17(8-18)24(16)10-14-3-2-13(9-21)6-19(14)20/h2-3,6,11,16-18H,4-5,7-8,10,12H2,1H3. The summed E-state index contributed by atoms with van der Waals surface area (Å²) >= 11 is 0. The summed E-state index contributed by atoms with van der Waals surface area (Å²) in [5, 5.41) is 17.3. The number of piperidine rings is 1. The van der Waals surface area contributed by atoms with Crippen molar-refractivity contribution in [1.82, 2.24) is 19.9 Å². The van der Waals surface area contributed by atoms with Crippen LogP contribution in [0.4, 0.5) is 4.39 Å². The van der Waals surface area contributed by atoms with E-state index >= 15 is 0 Å². The summed E-state index contributed by atoms with van der Waals surface area (Å²) in [6.07, 6.45) is 6.26. The molecule has 0 radical (unpaired) electrons. The van der Waals surface area contributed by atoms with E-state index in [4.69, 9.17) is 10.00 Å². The van der Waals surface area contributed by atoms with Crippen LogP contribution in [-0.4, -0.2) is 39.1 Å². The first-order valence-corrected chi connectivity index (χ1v) is 9.02. The number of rotatable bonds is 5. The summed E-state index contributed by atoms with van der Waals surface area (Å²) in [5.74, 6) is -0.286. The highest BCUT2D eigenvalue weighted by atomic mass is 19.1. The summed E-state index contributed by atoms with van der Waals surface area (Å²) < 4.78 is 21.4. The van der Waals surface area contributed by atoms with Gasteiger partial charge in [-0.2, -0.15) is 5.26 Å². The average molecular weight is 355 g/mol. The van der Waals surface area contributed by atoms with Crippen molar-refractivity contribution in [3.8, 4) is 6.07 Å². The lowest BCUT2D eigenvalue weighted by molar-refractivity contribution is 0.0933. The van der Waals surface area contributed by atoms with Crippen molar-refractivity contribution in [2.75, 3.05) is 7.11 Å². The van der Waals surface area contributed by atoms with Gasteiger partial charge in [-0.05, 0) is 37.8 Å². The van der Waals surface area contributed by atoms with Gasteiger partial charge in [-0.1, -0.05) is 11.3 Å². The SMILES string of the molecule is COCc1cn(C2CC3CCC(C2)N3Cc2ccc(C#N)cc2F)nn1. The van der Waals surface area contributed by atoms with Gasteiger partial charge in [-0.3, -0.25) is 4.90 Å². The Bertz CT molecular complexity index is 816. The van der Waals surface area contributed by atoms with Crippen LogP contribution < -0.4 is 0 Å². The second-order valence-electron chi connectivity index (χ2n) is 7.22. The van der Waals surface area contributed by atoms with Crippen LogP contribution in [0.25, 0.3) is 0 Å². The molecular weight excluding hydrogens is 333 g/mol. The number of nitrogens with zero attached hydrogens (tertiary/aromatic N) is 5. The van der Waals surface area contributed by atoms with Crippen molar-refractivity contribution in [3.63, 3.8) is 0 Å². The number of methoxy groups -OCH3 is 1. The van der Waals surface area contributed by atoms with Crippen LogP contribution in [0.2, 0.25) is 0 Å². The number of halogens is 1. The number of hydrogen-bond donors (Lipinski definition) is 0. The zero-order valence-electron chi connectivity index (χ0n) is 14.8. The van der Waals surface area contributed by atoms with E-state index in [0.29, 0.717) is 42.4 Å². The van der Waals surface area contributed by atoms with E-state index < -0.39 is 0 Å². The van der Waals surface area contributed by atoms with Crippen molar-refractivity contribution in [2.24, 2.45) is 0 Å². The lowest BCUT2D eigenvalue weighted by Crippen LogP contribution is -2.43. The molecule has 2 aliphatic heterocycles. The smallest absolute Gasteiger partial charge is 0.129 e. The predicted octanol–water partition coefficient (Wildman–Crippen LogP) is 2.80. The molecule has 1 aromatic carbocycles. The fraction of sp³-hybridized carbons (Fsp3) is 0.526. The topological polar surface area (TPSA) is 67.0 Å². The molecule has 0 spiro atoms. The summed E-state index contributed by atoms with van der Waals surface area (Å²) in [6.45, 7) is 1.08. The predicted molar refractivity (Wildman–Crippen MR) is 92.5 cm³/mol. The third-order valence-electron chi connectivity index (χ3n) is 5.62. The minimum atomic E-state index is -0.286. The van der Waals surface area contributed by atoms with Gasteiger partial charge in [0.2, 0.25) is 0 Å². The fourth-order valence-electron chi connectivity index (χ4n) is 4.37. The quantitative estimate of drug-likeness (QED) is 0.825. The van der Waals surface area contributed by atoms with E-state index in [1.54, 1.807) is 19.2 Å². The number of ether oxygens (including phenoxy) is 1. The summed E-state index contributed by atoms with van der Waals surface area (Å²) in [7, 11) is 1.65. The first-order valence-electron chi connectivity index (χ1n) is 9.02. The zero-order valence-corrected chi connectivity index (χ0v) is 14.8. The van der Waals surface area contributed by atoms with Crippen LogP contribution in [0.1, 0.15) is 48.5 Å². The Kier molecular flexibility index (Phi) is 4.70. The van der Waals surface area contributed by atoms with Crippen molar-refractivity contribution < 1.29 is 9.13 Å². The number of benzene rings is 1. The monoisotopic (exact) mass is 355 g/mol. The summed E-state index contributed by atoms with van der Waals surface area (Å²) in [5.41, 5.74) is 1.88. The van der Waals surface area contributed by atoms with Crippen molar-refractivity contribution >= 4 is 0 Å². The third kappa shape index (κ3) is 3.22. The van der Waals surface area contributed by atoms with Gasteiger partial charge >= 0.3 is 0 Å². The van der Waals surface area contributed by atoms with E-state index in [-0.39, 0.29) is 5.82 Å². The second-order valence-corrected chi connectivity index (χ2v) is 7.22. The van der Waals surface area contributed by atoms with Gasteiger partial charge in [0.15, 0.2) is 0 Å². The Hall–Kier alpha value is -2.30. The third-order valence-corrected chi connectivity index (χ3v) is 5.62. The fourth-order valence-corrected chi connectivity index (χ4v) is 4.37. The van der Waals surface area contributed by atoms with E-state index in [9.17, 15) is 4.39 Å². The molecule has 26 heavy (non-hydrogen) atoms. The molecule has 2 unspecified atom stereocenters. The molecule has 0 amide bonds. The maximum absolute atomic E-state index is 14.3. The van der Waals surface area contributed by atoms with Gasteiger partial charge < -0.3 is 4.74 Å². The molecule has 136 valence electrons. The van der Waals surface area contributed by atoms with Crippen LogP contribution in [0.3, 0.4) is 0 Å². The molecule has 2 aromatic rings. The molecule has 4 rings (SSSR count). The Labute approximate surface area is 152 Å². The zero-order chi connectivity index (χ0) is 18.1. The Morgan fingerprint density at radius 3 is 2.69 bits per heavy atom. The highest BCUT2D eigenvalue weighted by molar-refractivity contribution is 5.33. The van der Waals surface area contributed by atoms with Crippen LogP contribution in [0.15, 0.2) is 24.4 Å². The minimum Gasteiger partial charge on any atom is -0.378 e. The maximum Gasteiger partial charge on any atom is 0.129 e. The van der Waals surface area contributed by atoms with Gasteiger partial charge in [0.1, 0.15) is 11.5 Å². The second kappa shape index (κ2) is 7.14. The average Bonchev–Trinajstić information content (AvgIpc) is 3.19. The Morgan fingerprint density at radius 2 is 2.04 bits per heavy atom. The first-order chi connectivity index (χ1) is 12.7. The molecule has 2 atom stereocenters. The lowest BCUT2D eigenvalue weighted by Gasteiger charge is -2.38. The molecule has 6 nitrogen and oxygen atoms in total. The van der Waals surface area contributed by atoms with Gasteiger partial charge in [0, 0.05) is 31.3 Å². The molecule has 2 bridgehead atoms. The van der Waals surface area contributed by atoms with E-state index in [0.717, 1.165) is 31.4 Å². The van der Waals surface area contributed by atoms with Crippen LogP contribution in [0, 0.1) is 17.1 Å². The summed E-state index contributed by atoms with van der Waals surface area (Å²) in [4.78, 5) is 2.42. The number of nitriles is 1. The molecule has 2 fully saturated rings. The molecule has 7 heteroatoms. The molecule has 0 aliphatic carbocycles. The van der Waals surface area contributed by atoms with Crippen molar-refractivity contribution in [2.45, 2.75) is 57.0 Å². The van der Waals surface area contributed by atoms with Gasteiger partial charge in [0.25, 0.3) is 0 Å². The normalized spacial score (nSPS) is 25.3. The van der Waals surface area contributed by atoms with E-state index in [2.05, 4.69) is 15.2 Å². The van der Waals surface area contributed by atoms with Crippen molar-refractivity contribution in [3.05, 3.63) is 47.0 Å². The number of aromatic nitrogens is 3. The number of hydrogen-bond acceptors (Lipinski definition) is 5. The van der Waals surface area contributed by atoms with Crippen molar-refractivity contribution in [1.29, 1.82) is 5.26 Å². The van der Waals surface area contributed by atoms with Gasteiger partial charge in [-0.25, -0.2) is 9.07 Å². The summed E-state index contributed by atoms with van der Waals surface area (Å²) in [6, 6.07) is 7.96. The van der Waals surface area contributed by atoms with Crippen LogP contribution in [0.5, 0.6) is 0 Å².